The largest absolute Gasteiger partial charge is 0.346 e. The zero-order chi connectivity index (χ0) is 11.3. The van der Waals surface area contributed by atoms with Crippen molar-refractivity contribution >= 4 is 0 Å². The van der Waals surface area contributed by atoms with Gasteiger partial charge in [0.15, 0.2) is 0 Å². The van der Waals surface area contributed by atoms with Gasteiger partial charge in [0.1, 0.15) is 6.33 Å². The summed E-state index contributed by atoms with van der Waals surface area (Å²) in [6.45, 7) is 2.79. The minimum Gasteiger partial charge on any atom is -0.327 e. The molecule has 1 rings (SSSR count). The maximum absolute atomic E-state index is 12.2. The molecule has 1 aromatic rings. The molecule has 0 saturated carbocycles. The normalized spacial score (nSPS) is 12.1. The molecule has 0 amide bonds. The van der Waals surface area contributed by atoms with E-state index in [1.54, 1.807) is 0 Å². The minimum atomic E-state index is -0.232. The molecule has 0 spiro atoms. The van der Waals surface area contributed by atoms with Crippen LogP contribution in [-0.4, -0.2) is 20.9 Å². The SMILES string of the molecule is CCCn1cnn(C/C(=C/F)CN)c1=O. The summed E-state index contributed by atoms with van der Waals surface area (Å²) in [5, 5.41) is 3.87. The molecule has 0 bridgehead atoms. The number of aromatic nitrogens is 3. The summed E-state index contributed by atoms with van der Waals surface area (Å²) < 4.78 is 14.9. The fourth-order valence-corrected chi connectivity index (χ4v) is 1.21. The first-order valence-corrected chi connectivity index (χ1v) is 4.83. The Bertz CT molecular complexity index is 393. The van der Waals surface area contributed by atoms with Crippen molar-refractivity contribution < 1.29 is 4.39 Å². The van der Waals surface area contributed by atoms with E-state index in [0.29, 0.717) is 18.4 Å². The molecule has 1 heterocycles. The van der Waals surface area contributed by atoms with Gasteiger partial charge in [0.2, 0.25) is 0 Å². The summed E-state index contributed by atoms with van der Waals surface area (Å²) in [6, 6.07) is 0. The highest BCUT2D eigenvalue weighted by Crippen LogP contribution is 1.95. The second-order valence-electron chi connectivity index (χ2n) is 3.24. The van der Waals surface area contributed by atoms with E-state index in [-0.39, 0.29) is 18.8 Å². The lowest BCUT2D eigenvalue weighted by Crippen LogP contribution is -2.26. The fourth-order valence-electron chi connectivity index (χ4n) is 1.21. The van der Waals surface area contributed by atoms with Crippen LogP contribution in [0.2, 0.25) is 0 Å². The van der Waals surface area contributed by atoms with Crippen LogP contribution in [-0.2, 0) is 13.1 Å². The Morgan fingerprint density at radius 3 is 3.00 bits per heavy atom. The van der Waals surface area contributed by atoms with E-state index in [2.05, 4.69) is 5.10 Å². The second kappa shape index (κ2) is 5.45. The van der Waals surface area contributed by atoms with Crippen molar-refractivity contribution in [1.29, 1.82) is 0 Å². The first-order chi connectivity index (χ1) is 7.22. The van der Waals surface area contributed by atoms with Crippen LogP contribution in [0.15, 0.2) is 23.0 Å². The van der Waals surface area contributed by atoms with E-state index in [1.165, 1.54) is 15.6 Å². The Morgan fingerprint density at radius 2 is 2.47 bits per heavy atom. The number of aryl methyl sites for hydroxylation is 1. The van der Waals surface area contributed by atoms with E-state index in [9.17, 15) is 9.18 Å². The summed E-state index contributed by atoms with van der Waals surface area (Å²) in [7, 11) is 0. The van der Waals surface area contributed by atoms with Gasteiger partial charge < -0.3 is 5.73 Å². The van der Waals surface area contributed by atoms with Gasteiger partial charge >= 0.3 is 5.69 Å². The lowest BCUT2D eigenvalue weighted by atomic mass is 10.3. The molecule has 15 heavy (non-hydrogen) atoms. The van der Waals surface area contributed by atoms with Crippen LogP contribution in [0, 0.1) is 0 Å². The van der Waals surface area contributed by atoms with Gasteiger partial charge in [0.05, 0.1) is 12.9 Å². The summed E-state index contributed by atoms with van der Waals surface area (Å²) in [4.78, 5) is 11.6. The molecule has 5 nitrogen and oxygen atoms in total. The molecule has 0 aliphatic heterocycles. The number of hydrogen-bond donors (Lipinski definition) is 1. The van der Waals surface area contributed by atoms with Crippen molar-refractivity contribution in [2.24, 2.45) is 5.73 Å². The third kappa shape index (κ3) is 2.76. The van der Waals surface area contributed by atoms with Gasteiger partial charge in [-0.05, 0) is 12.0 Å². The van der Waals surface area contributed by atoms with Gasteiger partial charge in [0.25, 0.3) is 0 Å². The lowest BCUT2D eigenvalue weighted by Gasteiger charge is -2.00. The zero-order valence-corrected chi connectivity index (χ0v) is 8.69. The van der Waals surface area contributed by atoms with Gasteiger partial charge in [-0.2, -0.15) is 5.10 Å². The minimum absolute atomic E-state index is 0.0869. The monoisotopic (exact) mass is 214 g/mol. The summed E-state index contributed by atoms with van der Waals surface area (Å²) >= 11 is 0. The first-order valence-electron chi connectivity index (χ1n) is 4.83. The molecule has 0 aliphatic carbocycles. The van der Waals surface area contributed by atoms with Crippen LogP contribution in [0.3, 0.4) is 0 Å². The topological polar surface area (TPSA) is 65.8 Å². The number of halogens is 1. The first kappa shape index (κ1) is 11.6. The number of hydrogen-bond acceptors (Lipinski definition) is 3. The third-order valence-corrected chi connectivity index (χ3v) is 2.03. The Labute approximate surface area is 87.0 Å². The van der Waals surface area contributed by atoms with Crippen molar-refractivity contribution in [1.82, 2.24) is 14.3 Å². The average molecular weight is 214 g/mol. The summed E-state index contributed by atoms with van der Waals surface area (Å²) in [6.07, 6.45) is 2.73. The van der Waals surface area contributed by atoms with Crippen LogP contribution >= 0.6 is 0 Å². The van der Waals surface area contributed by atoms with Crippen LogP contribution in [0.5, 0.6) is 0 Å². The zero-order valence-electron chi connectivity index (χ0n) is 8.69. The molecule has 0 fully saturated rings. The number of nitrogens with two attached hydrogens (primary N) is 1. The average Bonchev–Trinajstić information content (AvgIpc) is 2.58. The van der Waals surface area contributed by atoms with E-state index >= 15 is 0 Å². The molecule has 0 saturated heterocycles. The Hall–Kier alpha value is -1.43. The third-order valence-electron chi connectivity index (χ3n) is 2.03. The highest BCUT2D eigenvalue weighted by atomic mass is 19.1. The van der Waals surface area contributed by atoms with Crippen LogP contribution < -0.4 is 11.4 Å². The van der Waals surface area contributed by atoms with E-state index in [4.69, 9.17) is 5.73 Å². The molecular formula is C9H15FN4O. The van der Waals surface area contributed by atoms with Crippen LogP contribution in [0.1, 0.15) is 13.3 Å². The maximum Gasteiger partial charge on any atom is 0.346 e. The van der Waals surface area contributed by atoms with Gasteiger partial charge in [0, 0.05) is 13.1 Å². The van der Waals surface area contributed by atoms with E-state index in [0.717, 1.165) is 6.42 Å². The molecule has 84 valence electrons. The highest BCUT2D eigenvalue weighted by Gasteiger charge is 2.05. The highest BCUT2D eigenvalue weighted by molar-refractivity contribution is 4.98. The van der Waals surface area contributed by atoms with Crippen LogP contribution in [0.25, 0.3) is 0 Å². The molecule has 0 atom stereocenters. The van der Waals surface area contributed by atoms with Crippen molar-refractivity contribution in [2.45, 2.75) is 26.4 Å². The molecular weight excluding hydrogens is 199 g/mol. The van der Waals surface area contributed by atoms with Crippen molar-refractivity contribution in [3.05, 3.63) is 28.7 Å². The Kier molecular flexibility index (Phi) is 4.23. The molecule has 2 N–H and O–H groups in total. The van der Waals surface area contributed by atoms with Crippen molar-refractivity contribution in [3.8, 4) is 0 Å². The number of rotatable bonds is 5. The van der Waals surface area contributed by atoms with Gasteiger partial charge in [-0.15, -0.1) is 0 Å². The molecule has 1 aromatic heterocycles. The molecule has 0 aliphatic rings. The van der Waals surface area contributed by atoms with Crippen LogP contribution in [0.4, 0.5) is 4.39 Å². The van der Waals surface area contributed by atoms with Gasteiger partial charge in [-0.1, -0.05) is 6.92 Å². The quantitative estimate of drug-likeness (QED) is 0.765. The summed E-state index contributed by atoms with van der Waals surface area (Å²) in [5.74, 6) is 0. The fraction of sp³-hybridized carbons (Fsp3) is 0.556. The molecule has 0 aromatic carbocycles. The van der Waals surface area contributed by atoms with Crippen molar-refractivity contribution in [2.75, 3.05) is 6.54 Å². The van der Waals surface area contributed by atoms with E-state index in [1.807, 2.05) is 6.92 Å². The summed E-state index contributed by atoms with van der Waals surface area (Å²) in [5.41, 5.74) is 5.40. The predicted octanol–water partition coefficient (Wildman–Crippen LogP) is 0.267. The lowest BCUT2D eigenvalue weighted by molar-refractivity contribution is 0.589. The van der Waals surface area contributed by atoms with Gasteiger partial charge in [-0.25, -0.2) is 13.9 Å². The van der Waals surface area contributed by atoms with E-state index < -0.39 is 0 Å². The predicted molar refractivity (Wildman–Crippen MR) is 55.0 cm³/mol. The Morgan fingerprint density at radius 1 is 1.73 bits per heavy atom. The molecule has 6 heteroatoms. The molecule has 0 unspecified atom stereocenters. The standard InChI is InChI=1S/C9H15FN4O/c1-2-3-13-7-12-14(9(13)15)6-8(4-10)5-11/h4,7H,2-3,5-6,11H2,1H3/b8-4+. The second-order valence-corrected chi connectivity index (χ2v) is 3.24. The molecule has 0 radical (unpaired) electrons. The number of nitrogens with zero attached hydrogens (tertiary/aromatic N) is 3. The van der Waals surface area contributed by atoms with Crippen molar-refractivity contribution in [3.63, 3.8) is 0 Å². The van der Waals surface area contributed by atoms with Gasteiger partial charge in [-0.3, -0.25) is 4.57 Å². The Balaban J connectivity index is 2.83. The maximum atomic E-state index is 12.2. The smallest absolute Gasteiger partial charge is 0.327 e.